The molecule has 2 atom stereocenters. The Bertz CT molecular complexity index is 996. The Morgan fingerprint density at radius 2 is 1.64 bits per heavy atom. The monoisotopic (exact) mass is 538 g/mol. The molecular formula is C23H32Cl2O6S2. The summed E-state index contributed by atoms with van der Waals surface area (Å²) in [6.45, 7) is 8.08. The minimum Gasteiger partial charge on any atom is -0.282 e. The van der Waals surface area contributed by atoms with Gasteiger partial charge in [0.25, 0.3) is 10.1 Å². The molecule has 0 radical (unpaired) electrons. The summed E-state index contributed by atoms with van der Waals surface area (Å²) in [4.78, 5) is 0.619. The molecule has 0 amide bonds. The molecule has 0 aromatic heterocycles. The van der Waals surface area contributed by atoms with E-state index in [2.05, 4.69) is 16.3 Å². The second-order valence-corrected chi connectivity index (χ2v) is 10.4. The molecule has 0 bridgehead atoms. The van der Waals surface area contributed by atoms with E-state index in [4.69, 9.17) is 16.9 Å². The number of rotatable bonds is 12. The van der Waals surface area contributed by atoms with Gasteiger partial charge < -0.3 is 0 Å². The van der Waals surface area contributed by atoms with Crippen LogP contribution >= 0.6 is 36.1 Å². The van der Waals surface area contributed by atoms with E-state index in [0.717, 1.165) is 48.2 Å². The summed E-state index contributed by atoms with van der Waals surface area (Å²) in [6.07, 6.45) is 3.10. The molecule has 0 aliphatic rings. The second-order valence-electron chi connectivity index (χ2n) is 7.92. The molecular weight excluding hydrogens is 507 g/mol. The zero-order chi connectivity index (χ0) is 23.9. The van der Waals surface area contributed by atoms with Gasteiger partial charge in [-0.3, -0.25) is 4.55 Å². The molecule has 0 saturated heterocycles. The van der Waals surface area contributed by atoms with Crippen LogP contribution in [0.4, 0.5) is 0 Å². The number of hydrogen-bond donors (Lipinski definition) is 2. The average Bonchev–Trinajstić information content (AvgIpc) is 2.76. The minimum atomic E-state index is -4.47. The molecule has 2 unspecified atom stereocenters. The molecule has 6 nitrogen and oxygen atoms in total. The Morgan fingerprint density at radius 1 is 1.03 bits per heavy atom. The van der Waals surface area contributed by atoms with E-state index in [1.165, 1.54) is 0 Å². The Kier molecular flexibility index (Phi) is 12.7. The largest absolute Gasteiger partial charge is 0.296 e. The first-order valence-corrected chi connectivity index (χ1v) is 13.3. The molecule has 0 spiro atoms. The molecule has 0 aliphatic heterocycles. The lowest BCUT2D eigenvalue weighted by Gasteiger charge is -2.24. The van der Waals surface area contributed by atoms with E-state index < -0.39 is 10.1 Å². The molecule has 0 saturated carbocycles. The van der Waals surface area contributed by atoms with Crippen molar-refractivity contribution in [2.75, 3.05) is 0 Å². The fraction of sp³-hybridized carbons (Fsp3) is 0.478. The maximum atomic E-state index is 12.2. The highest BCUT2D eigenvalue weighted by molar-refractivity contribution is 7.94. The molecule has 0 aliphatic carbocycles. The third-order valence-electron chi connectivity index (χ3n) is 5.99. The third kappa shape index (κ3) is 7.83. The van der Waals surface area contributed by atoms with Crippen molar-refractivity contribution in [3.05, 3.63) is 58.1 Å². The Balaban J connectivity index is 0.00000544. The predicted octanol–water partition coefficient (Wildman–Crippen LogP) is 8.03. The highest BCUT2D eigenvalue weighted by Crippen LogP contribution is 2.41. The van der Waals surface area contributed by atoms with Gasteiger partial charge in [-0.15, -0.1) is 16.7 Å². The van der Waals surface area contributed by atoms with Gasteiger partial charge in [0.05, 0.1) is 17.1 Å². The zero-order valence-corrected chi connectivity index (χ0v) is 22.4. The van der Waals surface area contributed by atoms with Gasteiger partial charge in [0, 0.05) is 4.90 Å². The van der Waals surface area contributed by atoms with Crippen molar-refractivity contribution < 1.29 is 27.6 Å². The summed E-state index contributed by atoms with van der Waals surface area (Å²) in [7, 11) is -4.47. The summed E-state index contributed by atoms with van der Waals surface area (Å²) >= 11 is 7.52. The summed E-state index contributed by atoms with van der Waals surface area (Å²) < 4.78 is 38.9. The molecule has 186 valence electrons. The molecule has 10 heteroatoms. The maximum Gasteiger partial charge on any atom is 0.296 e. The lowest BCUT2D eigenvalue weighted by Crippen LogP contribution is -2.11. The first-order valence-electron chi connectivity index (χ1n) is 10.7. The van der Waals surface area contributed by atoms with E-state index in [-0.39, 0.29) is 40.1 Å². The van der Waals surface area contributed by atoms with Crippen molar-refractivity contribution in [1.82, 2.24) is 0 Å². The zero-order valence-electron chi connectivity index (χ0n) is 19.2. The van der Waals surface area contributed by atoms with Gasteiger partial charge in [-0.1, -0.05) is 68.6 Å². The minimum absolute atomic E-state index is 0. The average molecular weight is 540 g/mol. The molecule has 2 aromatic carbocycles. The topological polar surface area (TPSA) is 93.1 Å². The quantitative estimate of drug-likeness (QED) is 0.122. The summed E-state index contributed by atoms with van der Waals surface area (Å²) in [5, 5.41) is 12.1. The fourth-order valence-corrected chi connectivity index (χ4v) is 6.20. The van der Waals surface area contributed by atoms with Crippen LogP contribution in [-0.4, -0.2) is 18.2 Å². The van der Waals surface area contributed by atoms with E-state index in [1.807, 2.05) is 51.1 Å². The molecule has 0 heterocycles. The standard InChI is InChI=1S/C23H31ClO6S2.ClH/c1-5-16(6-2)21-12-11-20(22(24)23(21)32(26,27)28)15(4)13-17(7-3)18-9-8-10-19(14-18)31-30-29-25;/h8-12,14-17,25H,5-7,13H2,1-4H3,(H,26,27,28);1H. The predicted molar refractivity (Wildman–Crippen MR) is 135 cm³/mol. The smallest absolute Gasteiger partial charge is 0.282 e. The lowest BCUT2D eigenvalue weighted by molar-refractivity contribution is -0.432. The Hall–Kier alpha value is -0.840. The first kappa shape index (κ1) is 30.2. The van der Waals surface area contributed by atoms with Crippen LogP contribution in [-0.2, 0) is 19.5 Å². The van der Waals surface area contributed by atoms with Gasteiger partial charge in [0.15, 0.2) is 0 Å². The van der Waals surface area contributed by atoms with Crippen molar-refractivity contribution in [2.45, 2.75) is 80.9 Å². The van der Waals surface area contributed by atoms with Crippen molar-refractivity contribution in [2.24, 2.45) is 0 Å². The molecule has 0 fully saturated rings. The molecule has 2 rings (SSSR count). The van der Waals surface area contributed by atoms with Crippen LogP contribution in [0, 0.1) is 0 Å². The van der Waals surface area contributed by atoms with Crippen LogP contribution < -0.4 is 0 Å². The highest BCUT2D eigenvalue weighted by atomic mass is 35.5. The second kappa shape index (κ2) is 13.9. The number of hydrogen-bond acceptors (Lipinski definition) is 6. The molecule has 33 heavy (non-hydrogen) atoms. The Labute approximate surface area is 212 Å². The van der Waals surface area contributed by atoms with Crippen LogP contribution in [0.3, 0.4) is 0 Å². The van der Waals surface area contributed by atoms with Crippen molar-refractivity contribution in [3.63, 3.8) is 0 Å². The fourth-order valence-electron chi connectivity index (χ4n) is 4.25. The van der Waals surface area contributed by atoms with Gasteiger partial charge in [-0.05, 0) is 72.3 Å². The van der Waals surface area contributed by atoms with Crippen LogP contribution in [0.25, 0.3) is 0 Å². The van der Waals surface area contributed by atoms with E-state index >= 15 is 0 Å². The third-order valence-corrected chi connectivity index (χ3v) is 8.04. The number of benzene rings is 2. The normalized spacial score (nSPS) is 13.6. The van der Waals surface area contributed by atoms with Crippen LogP contribution in [0.2, 0.25) is 5.02 Å². The maximum absolute atomic E-state index is 12.2. The van der Waals surface area contributed by atoms with Crippen molar-refractivity contribution in [1.29, 1.82) is 0 Å². The highest BCUT2D eigenvalue weighted by Gasteiger charge is 2.28. The van der Waals surface area contributed by atoms with Gasteiger partial charge in [0.2, 0.25) is 0 Å². The SMILES string of the molecule is CCC(CC(C)c1ccc(C(CC)CC)c(S(=O)(=O)O)c1Cl)c1cccc(SOOO)c1.Cl. The van der Waals surface area contributed by atoms with Gasteiger partial charge in [0.1, 0.15) is 4.90 Å². The van der Waals surface area contributed by atoms with Gasteiger partial charge in [-0.25, -0.2) is 5.26 Å². The molecule has 2 N–H and O–H groups in total. The van der Waals surface area contributed by atoms with Crippen LogP contribution in [0.15, 0.2) is 46.2 Å². The number of halogens is 2. The summed E-state index contributed by atoms with van der Waals surface area (Å²) in [6, 6.07) is 11.4. The van der Waals surface area contributed by atoms with Crippen LogP contribution in [0.1, 0.15) is 87.8 Å². The summed E-state index contributed by atoms with van der Waals surface area (Å²) in [5.74, 6) is 0.143. The van der Waals surface area contributed by atoms with E-state index in [9.17, 15) is 13.0 Å². The first-order chi connectivity index (χ1) is 15.2. The summed E-state index contributed by atoms with van der Waals surface area (Å²) in [5.41, 5.74) is 2.36. The van der Waals surface area contributed by atoms with Gasteiger partial charge in [-0.2, -0.15) is 8.42 Å². The van der Waals surface area contributed by atoms with Crippen molar-refractivity contribution in [3.8, 4) is 0 Å². The molecule has 2 aromatic rings. The van der Waals surface area contributed by atoms with Crippen molar-refractivity contribution >= 4 is 46.2 Å². The Morgan fingerprint density at radius 3 is 2.18 bits per heavy atom. The van der Waals surface area contributed by atoms with Gasteiger partial charge >= 0.3 is 0 Å². The van der Waals surface area contributed by atoms with E-state index in [0.29, 0.717) is 11.1 Å². The lowest BCUT2D eigenvalue weighted by atomic mass is 9.83. The van der Waals surface area contributed by atoms with E-state index in [1.54, 1.807) is 6.07 Å². The van der Waals surface area contributed by atoms with Crippen LogP contribution in [0.5, 0.6) is 0 Å².